The zero-order valence-corrected chi connectivity index (χ0v) is 7.86. The van der Waals surface area contributed by atoms with E-state index in [2.05, 4.69) is 17.2 Å². The zero-order valence-electron chi connectivity index (χ0n) is 7.05. The Bertz CT molecular complexity index is 163. The van der Waals surface area contributed by atoms with Gasteiger partial charge in [0.1, 0.15) is 0 Å². The standard InChI is InChI=1S/C9H15NS/c1-2-7-10-8-5-3-4-6-9(10)11/h2,7H,3-6,8H2,1H3. The highest BCUT2D eigenvalue weighted by atomic mass is 32.1. The smallest absolute Gasteiger partial charge is 0.0818 e. The third kappa shape index (κ3) is 2.62. The summed E-state index contributed by atoms with van der Waals surface area (Å²) in [6.07, 6.45) is 9.12. The lowest BCUT2D eigenvalue weighted by molar-refractivity contribution is 0.545. The van der Waals surface area contributed by atoms with E-state index in [1.807, 2.05) is 6.92 Å². The van der Waals surface area contributed by atoms with Gasteiger partial charge in [0.05, 0.1) is 4.99 Å². The van der Waals surface area contributed by atoms with Crippen molar-refractivity contribution in [2.75, 3.05) is 6.54 Å². The van der Waals surface area contributed by atoms with Gasteiger partial charge in [-0.25, -0.2) is 0 Å². The number of thiocarbonyl (C=S) groups is 1. The van der Waals surface area contributed by atoms with Crippen molar-refractivity contribution in [2.24, 2.45) is 0 Å². The maximum absolute atomic E-state index is 5.25. The Labute approximate surface area is 74.1 Å². The van der Waals surface area contributed by atoms with Gasteiger partial charge in [0, 0.05) is 12.7 Å². The molecule has 0 atom stereocenters. The van der Waals surface area contributed by atoms with Gasteiger partial charge in [0.25, 0.3) is 0 Å². The minimum atomic E-state index is 1.10. The molecule has 0 spiro atoms. The van der Waals surface area contributed by atoms with Gasteiger partial charge >= 0.3 is 0 Å². The minimum Gasteiger partial charge on any atom is -0.343 e. The normalized spacial score (nSPS) is 20.8. The van der Waals surface area contributed by atoms with Gasteiger partial charge in [-0.1, -0.05) is 24.7 Å². The monoisotopic (exact) mass is 169 g/mol. The van der Waals surface area contributed by atoms with Crippen molar-refractivity contribution in [1.29, 1.82) is 0 Å². The van der Waals surface area contributed by atoms with Crippen molar-refractivity contribution in [2.45, 2.75) is 32.6 Å². The molecule has 1 rings (SSSR count). The fraction of sp³-hybridized carbons (Fsp3) is 0.667. The molecule has 0 aromatic heterocycles. The number of hydrogen-bond acceptors (Lipinski definition) is 1. The first-order chi connectivity index (χ1) is 5.34. The second-order valence-corrected chi connectivity index (χ2v) is 3.35. The number of rotatable bonds is 1. The fourth-order valence-electron chi connectivity index (χ4n) is 1.34. The Hall–Kier alpha value is -0.370. The van der Waals surface area contributed by atoms with Crippen LogP contribution in [0.25, 0.3) is 0 Å². The topological polar surface area (TPSA) is 3.24 Å². The summed E-state index contributed by atoms with van der Waals surface area (Å²) in [6.45, 7) is 3.15. The van der Waals surface area contributed by atoms with Crippen LogP contribution in [0, 0.1) is 0 Å². The van der Waals surface area contributed by atoms with E-state index in [1.165, 1.54) is 19.3 Å². The molecule has 0 saturated carbocycles. The second kappa shape index (κ2) is 4.50. The third-order valence-electron chi connectivity index (χ3n) is 1.94. The quantitative estimate of drug-likeness (QED) is 0.555. The van der Waals surface area contributed by atoms with Gasteiger partial charge in [0.15, 0.2) is 0 Å². The summed E-state index contributed by atoms with van der Waals surface area (Å²) in [5.41, 5.74) is 0. The molecule has 1 heterocycles. The molecule has 11 heavy (non-hydrogen) atoms. The lowest BCUT2D eigenvalue weighted by atomic mass is 10.2. The Balaban J connectivity index is 2.52. The van der Waals surface area contributed by atoms with Crippen LogP contribution in [0.2, 0.25) is 0 Å². The molecule has 1 aliphatic heterocycles. The molecule has 1 aliphatic rings. The lowest BCUT2D eigenvalue weighted by Crippen LogP contribution is -2.22. The Morgan fingerprint density at radius 2 is 2.18 bits per heavy atom. The predicted octanol–water partition coefficient (Wildman–Crippen LogP) is 2.72. The second-order valence-electron chi connectivity index (χ2n) is 2.88. The molecule has 1 fully saturated rings. The molecule has 62 valence electrons. The van der Waals surface area contributed by atoms with Crippen LogP contribution in [0.1, 0.15) is 32.6 Å². The molecule has 0 radical (unpaired) electrons. The molecule has 1 saturated heterocycles. The molecule has 0 amide bonds. The van der Waals surface area contributed by atoms with E-state index in [1.54, 1.807) is 0 Å². The summed E-state index contributed by atoms with van der Waals surface area (Å²) < 4.78 is 0. The minimum absolute atomic E-state index is 1.10. The van der Waals surface area contributed by atoms with Crippen LogP contribution in [0.3, 0.4) is 0 Å². The van der Waals surface area contributed by atoms with Crippen LogP contribution in [0.4, 0.5) is 0 Å². The molecular weight excluding hydrogens is 154 g/mol. The van der Waals surface area contributed by atoms with Crippen LogP contribution in [-0.2, 0) is 0 Å². The number of allylic oxidation sites excluding steroid dienone is 1. The summed E-state index contributed by atoms with van der Waals surface area (Å²) in [6, 6.07) is 0. The van der Waals surface area contributed by atoms with Crippen LogP contribution in [0.15, 0.2) is 12.3 Å². The molecule has 0 bridgehead atoms. The predicted molar refractivity (Wildman–Crippen MR) is 52.6 cm³/mol. The summed E-state index contributed by atoms with van der Waals surface area (Å²) in [4.78, 5) is 3.31. The van der Waals surface area contributed by atoms with E-state index >= 15 is 0 Å². The van der Waals surface area contributed by atoms with Crippen molar-refractivity contribution in [3.63, 3.8) is 0 Å². The van der Waals surface area contributed by atoms with Crippen LogP contribution >= 0.6 is 12.2 Å². The van der Waals surface area contributed by atoms with Gasteiger partial charge in [-0.15, -0.1) is 0 Å². The van der Waals surface area contributed by atoms with Crippen molar-refractivity contribution in [3.05, 3.63) is 12.3 Å². The SMILES string of the molecule is CC=CN1CCCCCC1=S. The highest BCUT2D eigenvalue weighted by Crippen LogP contribution is 2.12. The molecule has 0 aromatic rings. The molecule has 1 nitrogen and oxygen atoms in total. The van der Waals surface area contributed by atoms with E-state index in [9.17, 15) is 0 Å². The van der Waals surface area contributed by atoms with E-state index in [0.717, 1.165) is 18.0 Å². The molecular formula is C9H15NS. The van der Waals surface area contributed by atoms with Crippen LogP contribution in [-0.4, -0.2) is 16.4 Å². The Morgan fingerprint density at radius 3 is 2.91 bits per heavy atom. The zero-order chi connectivity index (χ0) is 8.10. The van der Waals surface area contributed by atoms with Crippen molar-refractivity contribution < 1.29 is 0 Å². The van der Waals surface area contributed by atoms with E-state index < -0.39 is 0 Å². The first-order valence-electron chi connectivity index (χ1n) is 4.27. The average molecular weight is 169 g/mol. The number of hydrogen-bond donors (Lipinski definition) is 0. The first-order valence-corrected chi connectivity index (χ1v) is 4.67. The Kier molecular flexibility index (Phi) is 3.57. The average Bonchev–Trinajstić information content (AvgIpc) is 2.18. The largest absolute Gasteiger partial charge is 0.343 e. The molecule has 0 aliphatic carbocycles. The maximum atomic E-state index is 5.25. The third-order valence-corrected chi connectivity index (χ3v) is 2.38. The maximum Gasteiger partial charge on any atom is 0.0818 e. The molecule has 0 N–H and O–H groups in total. The highest BCUT2D eigenvalue weighted by Gasteiger charge is 2.09. The van der Waals surface area contributed by atoms with Gasteiger partial charge in [-0.2, -0.15) is 0 Å². The molecule has 0 aromatic carbocycles. The molecule has 2 heteroatoms. The van der Waals surface area contributed by atoms with Crippen LogP contribution in [0.5, 0.6) is 0 Å². The number of likely N-dealkylation sites (tertiary alicyclic amines) is 1. The van der Waals surface area contributed by atoms with Gasteiger partial charge in [-0.05, 0) is 26.2 Å². The number of nitrogens with zero attached hydrogens (tertiary/aromatic N) is 1. The van der Waals surface area contributed by atoms with Gasteiger partial charge in [-0.3, -0.25) is 0 Å². The highest BCUT2D eigenvalue weighted by molar-refractivity contribution is 7.80. The first kappa shape index (κ1) is 8.72. The summed E-state index contributed by atoms with van der Waals surface area (Å²) >= 11 is 5.25. The summed E-state index contributed by atoms with van der Waals surface area (Å²) in [7, 11) is 0. The van der Waals surface area contributed by atoms with Crippen molar-refractivity contribution in [1.82, 2.24) is 4.90 Å². The van der Waals surface area contributed by atoms with Gasteiger partial charge in [0.2, 0.25) is 0 Å². The van der Waals surface area contributed by atoms with E-state index in [-0.39, 0.29) is 0 Å². The lowest BCUT2D eigenvalue weighted by Gasteiger charge is -2.17. The molecule has 0 unspecified atom stereocenters. The van der Waals surface area contributed by atoms with Crippen LogP contribution < -0.4 is 0 Å². The Morgan fingerprint density at radius 1 is 1.36 bits per heavy atom. The van der Waals surface area contributed by atoms with Gasteiger partial charge < -0.3 is 4.90 Å². The van der Waals surface area contributed by atoms with Crippen molar-refractivity contribution in [3.8, 4) is 0 Å². The fourth-order valence-corrected chi connectivity index (χ4v) is 1.64. The summed E-state index contributed by atoms with van der Waals surface area (Å²) in [5, 5.41) is 0. The van der Waals surface area contributed by atoms with Crippen molar-refractivity contribution >= 4 is 17.2 Å². The van der Waals surface area contributed by atoms with E-state index in [0.29, 0.717) is 0 Å². The summed E-state index contributed by atoms with van der Waals surface area (Å²) in [5.74, 6) is 0. The van der Waals surface area contributed by atoms with E-state index in [4.69, 9.17) is 12.2 Å².